The number of morpholine rings is 1. The van der Waals surface area contributed by atoms with E-state index in [9.17, 15) is 4.79 Å². The van der Waals surface area contributed by atoms with Gasteiger partial charge in [0, 0.05) is 42.6 Å². The molecule has 204 valence electrons. The summed E-state index contributed by atoms with van der Waals surface area (Å²) >= 11 is 0. The Balaban J connectivity index is 1.31. The zero-order valence-electron chi connectivity index (χ0n) is 22.9. The average molecular weight is 528 g/mol. The van der Waals surface area contributed by atoms with Gasteiger partial charge in [-0.05, 0) is 30.0 Å². The topological polar surface area (TPSA) is 80.7 Å². The number of hydrogen-bond donors (Lipinski definition) is 2. The Bertz CT molecular complexity index is 1410. The fourth-order valence-corrected chi connectivity index (χ4v) is 4.65. The van der Waals surface area contributed by atoms with Crippen molar-refractivity contribution >= 4 is 28.3 Å². The van der Waals surface area contributed by atoms with Crippen LogP contribution in [-0.2, 0) is 10.2 Å². The standard InChI is InChI=1S/C31H37N5O3/c1-31(2,3)28-22-29(33-30(37)32-27-14-6-10-23-9-4-5-13-26(23)27)36(34-28)24-11-7-12-25(21-24)39-18-8-15-35-16-19-38-20-17-35/h4-7,9-14,21-22H,8,15-20H2,1-3H3,(H2,32,33,37). The van der Waals surface area contributed by atoms with Gasteiger partial charge in [-0.2, -0.15) is 5.10 Å². The molecule has 2 amide bonds. The molecule has 4 aromatic rings. The molecule has 0 aliphatic carbocycles. The van der Waals surface area contributed by atoms with Gasteiger partial charge in [0.05, 0.1) is 36.9 Å². The van der Waals surface area contributed by atoms with Gasteiger partial charge >= 0.3 is 6.03 Å². The van der Waals surface area contributed by atoms with Crippen LogP contribution in [0, 0.1) is 0 Å². The number of aromatic nitrogens is 2. The average Bonchev–Trinajstić information content (AvgIpc) is 3.36. The number of carbonyl (C=O) groups is 1. The third kappa shape index (κ3) is 6.77. The molecule has 3 aromatic carbocycles. The predicted molar refractivity (Wildman–Crippen MR) is 156 cm³/mol. The fraction of sp³-hybridized carbons (Fsp3) is 0.355. The summed E-state index contributed by atoms with van der Waals surface area (Å²) in [6.45, 7) is 11.5. The van der Waals surface area contributed by atoms with Crippen molar-refractivity contribution in [3.8, 4) is 11.4 Å². The molecule has 5 rings (SSSR count). The summed E-state index contributed by atoms with van der Waals surface area (Å²) in [6.07, 6.45) is 0.946. The van der Waals surface area contributed by atoms with E-state index in [1.54, 1.807) is 4.68 Å². The van der Waals surface area contributed by atoms with E-state index in [1.807, 2.05) is 72.8 Å². The van der Waals surface area contributed by atoms with Crippen molar-refractivity contribution in [1.29, 1.82) is 0 Å². The molecule has 1 fully saturated rings. The Labute approximate surface area is 229 Å². The molecule has 39 heavy (non-hydrogen) atoms. The number of hydrogen-bond acceptors (Lipinski definition) is 5. The van der Waals surface area contributed by atoms with Gasteiger partial charge in [0.1, 0.15) is 11.6 Å². The van der Waals surface area contributed by atoms with E-state index in [0.717, 1.165) is 72.9 Å². The van der Waals surface area contributed by atoms with Crippen molar-refractivity contribution in [1.82, 2.24) is 14.7 Å². The number of fused-ring (bicyclic) bond motifs is 1. The Morgan fingerprint density at radius 3 is 2.56 bits per heavy atom. The van der Waals surface area contributed by atoms with Crippen LogP contribution >= 0.6 is 0 Å². The molecule has 0 radical (unpaired) electrons. The summed E-state index contributed by atoms with van der Waals surface area (Å²) in [5.74, 6) is 1.36. The quantitative estimate of drug-likeness (QED) is 0.272. The zero-order chi connectivity index (χ0) is 27.2. The minimum absolute atomic E-state index is 0.193. The van der Waals surface area contributed by atoms with Gasteiger partial charge in [0.15, 0.2) is 0 Å². The maximum atomic E-state index is 13.1. The van der Waals surface area contributed by atoms with E-state index in [2.05, 4.69) is 36.3 Å². The molecule has 0 unspecified atom stereocenters. The minimum atomic E-state index is -0.330. The third-order valence-corrected chi connectivity index (χ3v) is 6.81. The molecule has 1 aliphatic rings. The summed E-state index contributed by atoms with van der Waals surface area (Å²) in [5.41, 5.74) is 2.25. The summed E-state index contributed by atoms with van der Waals surface area (Å²) < 4.78 is 13.3. The molecule has 0 saturated carbocycles. The molecule has 2 N–H and O–H groups in total. The maximum absolute atomic E-state index is 13.1. The van der Waals surface area contributed by atoms with Crippen LogP contribution in [0.3, 0.4) is 0 Å². The van der Waals surface area contributed by atoms with E-state index < -0.39 is 0 Å². The Kier molecular flexibility index (Phi) is 8.14. The minimum Gasteiger partial charge on any atom is -0.493 e. The van der Waals surface area contributed by atoms with Crippen molar-refractivity contribution in [2.75, 3.05) is 50.1 Å². The van der Waals surface area contributed by atoms with Gasteiger partial charge in [-0.1, -0.05) is 63.2 Å². The second-order valence-corrected chi connectivity index (χ2v) is 10.8. The number of anilines is 2. The molecule has 8 heteroatoms. The third-order valence-electron chi connectivity index (χ3n) is 6.81. The Morgan fingerprint density at radius 2 is 1.74 bits per heavy atom. The van der Waals surface area contributed by atoms with E-state index in [0.29, 0.717) is 12.4 Å². The molecule has 0 atom stereocenters. The van der Waals surface area contributed by atoms with Crippen molar-refractivity contribution < 1.29 is 14.3 Å². The Morgan fingerprint density at radius 1 is 0.974 bits per heavy atom. The normalized spacial score (nSPS) is 14.3. The van der Waals surface area contributed by atoms with E-state index >= 15 is 0 Å². The molecule has 0 bridgehead atoms. The van der Waals surface area contributed by atoms with Crippen LogP contribution in [-0.4, -0.2) is 60.2 Å². The molecule has 1 aromatic heterocycles. The number of nitrogens with one attached hydrogen (secondary N) is 2. The lowest BCUT2D eigenvalue weighted by Crippen LogP contribution is -2.37. The molecular formula is C31H37N5O3. The molecule has 0 spiro atoms. The van der Waals surface area contributed by atoms with Crippen LogP contribution in [0.5, 0.6) is 5.75 Å². The van der Waals surface area contributed by atoms with E-state index in [-0.39, 0.29) is 11.4 Å². The summed E-state index contributed by atoms with van der Waals surface area (Å²) in [5, 5.41) is 12.9. The largest absolute Gasteiger partial charge is 0.493 e. The smallest absolute Gasteiger partial charge is 0.324 e. The number of amides is 2. The highest BCUT2D eigenvalue weighted by Gasteiger charge is 2.22. The van der Waals surface area contributed by atoms with Gasteiger partial charge in [-0.3, -0.25) is 10.2 Å². The molecule has 8 nitrogen and oxygen atoms in total. The predicted octanol–water partition coefficient (Wildman–Crippen LogP) is 6.07. The lowest BCUT2D eigenvalue weighted by atomic mass is 9.92. The van der Waals surface area contributed by atoms with Gasteiger partial charge in [-0.25, -0.2) is 9.48 Å². The van der Waals surface area contributed by atoms with Crippen LogP contribution in [0.2, 0.25) is 0 Å². The first-order valence-electron chi connectivity index (χ1n) is 13.6. The number of benzene rings is 3. The summed E-state index contributed by atoms with van der Waals surface area (Å²) in [4.78, 5) is 15.5. The van der Waals surface area contributed by atoms with Crippen LogP contribution in [0.4, 0.5) is 16.3 Å². The number of nitrogens with zero attached hydrogens (tertiary/aromatic N) is 3. The van der Waals surface area contributed by atoms with Crippen LogP contribution in [0.15, 0.2) is 72.8 Å². The molecule has 2 heterocycles. The first-order chi connectivity index (χ1) is 18.9. The van der Waals surface area contributed by atoms with Crippen molar-refractivity contribution in [3.05, 3.63) is 78.5 Å². The molecular weight excluding hydrogens is 490 g/mol. The van der Waals surface area contributed by atoms with Crippen molar-refractivity contribution in [2.24, 2.45) is 0 Å². The van der Waals surface area contributed by atoms with Crippen LogP contribution in [0.25, 0.3) is 16.5 Å². The highest BCUT2D eigenvalue weighted by Crippen LogP contribution is 2.28. The monoisotopic (exact) mass is 527 g/mol. The second kappa shape index (κ2) is 11.9. The molecule has 1 aliphatic heterocycles. The molecule has 1 saturated heterocycles. The van der Waals surface area contributed by atoms with Gasteiger partial charge in [-0.15, -0.1) is 0 Å². The maximum Gasteiger partial charge on any atom is 0.324 e. The summed E-state index contributed by atoms with van der Waals surface area (Å²) in [7, 11) is 0. The van der Waals surface area contributed by atoms with Gasteiger partial charge < -0.3 is 14.8 Å². The number of ether oxygens (including phenoxy) is 2. The van der Waals surface area contributed by atoms with Crippen molar-refractivity contribution in [3.63, 3.8) is 0 Å². The lowest BCUT2D eigenvalue weighted by Gasteiger charge is -2.26. The second-order valence-electron chi connectivity index (χ2n) is 10.8. The lowest BCUT2D eigenvalue weighted by molar-refractivity contribution is 0.0358. The van der Waals surface area contributed by atoms with Gasteiger partial charge in [0.2, 0.25) is 0 Å². The van der Waals surface area contributed by atoms with Gasteiger partial charge in [0.25, 0.3) is 0 Å². The number of urea groups is 1. The van der Waals surface area contributed by atoms with Crippen LogP contribution in [0.1, 0.15) is 32.9 Å². The number of carbonyl (C=O) groups excluding carboxylic acids is 1. The first kappa shape index (κ1) is 26.7. The summed E-state index contributed by atoms with van der Waals surface area (Å²) in [6, 6.07) is 23.3. The SMILES string of the molecule is CC(C)(C)c1cc(NC(=O)Nc2cccc3ccccc23)n(-c2cccc(OCCCN3CCOCC3)c2)n1. The Hall–Kier alpha value is -3.88. The number of rotatable bonds is 8. The first-order valence-corrected chi connectivity index (χ1v) is 13.6. The van der Waals surface area contributed by atoms with Crippen molar-refractivity contribution in [2.45, 2.75) is 32.6 Å². The van der Waals surface area contributed by atoms with E-state index in [1.165, 1.54) is 0 Å². The van der Waals surface area contributed by atoms with E-state index in [4.69, 9.17) is 14.6 Å². The van der Waals surface area contributed by atoms with Crippen LogP contribution < -0.4 is 15.4 Å². The highest BCUT2D eigenvalue weighted by molar-refractivity contribution is 6.06. The highest BCUT2D eigenvalue weighted by atomic mass is 16.5. The zero-order valence-corrected chi connectivity index (χ0v) is 22.9. The fourth-order valence-electron chi connectivity index (χ4n) is 4.65.